The van der Waals surface area contributed by atoms with Gasteiger partial charge in [-0.2, -0.15) is 0 Å². The van der Waals surface area contributed by atoms with Gasteiger partial charge in [-0.15, -0.1) is 0 Å². The lowest BCUT2D eigenvalue weighted by molar-refractivity contribution is 0.224. The Balaban J connectivity index is 2.33. The molecule has 0 saturated heterocycles. The third kappa shape index (κ3) is 2.95. The number of anilines is 1. The second-order valence-corrected chi connectivity index (χ2v) is 4.76. The van der Waals surface area contributed by atoms with E-state index >= 15 is 0 Å². The summed E-state index contributed by atoms with van der Waals surface area (Å²) in [5.41, 5.74) is 2.25. The minimum absolute atomic E-state index is 0.0904. The normalized spacial score (nSPS) is 12.1. The van der Waals surface area contributed by atoms with Crippen LogP contribution in [0.4, 0.5) is 10.2 Å². The van der Waals surface area contributed by atoms with Crippen molar-refractivity contribution in [2.24, 2.45) is 0 Å². The number of hydrogen-bond acceptors (Lipinski definition) is 4. The predicted octanol–water partition coefficient (Wildman–Crippen LogP) is 4.47. The van der Waals surface area contributed by atoms with E-state index in [2.05, 4.69) is 4.98 Å². The molecule has 0 amide bonds. The number of benzene rings is 1. The van der Waals surface area contributed by atoms with Crippen LogP contribution in [0, 0.1) is 5.82 Å². The first-order valence-corrected chi connectivity index (χ1v) is 6.45. The van der Waals surface area contributed by atoms with E-state index in [0.29, 0.717) is 16.3 Å². The molecule has 0 radical (unpaired) electrons. The van der Waals surface area contributed by atoms with E-state index in [0.717, 1.165) is 0 Å². The molecule has 20 heavy (non-hydrogen) atoms. The number of hydrogen-bond donors (Lipinski definition) is 2. The van der Waals surface area contributed by atoms with Crippen molar-refractivity contribution < 1.29 is 14.3 Å². The molecule has 1 heterocycles. The van der Waals surface area contributed by atoms with Crippen LogP contribution in [0.1, 0.15) is 18.6 Å². The quantitative estimate of drug-likeness (QED) is 0.645. The molecule has 2 aromatic rings. The molecule has 1 aromatic carbocycles. The minimum atomic E-state index is -0.623. The lowest BCUT2D eigenvalue weighted by Gasteiger charge is -2.19. The summed E-state index contributed by atoms with van der Waals surface area (Å²) in [6.07, 6.45) is 0.861. The van der Waals surface area contributed by atoms with Gasteiger partial charge >= 0.3 is 0 Å². The molecule has 0 unspecified atom stereocenters. The van der Waals surface area contributed by atoms with Crippen molar-refractivity contribution in [2.45, 2.75) is 13.0 Å². The minimum Gasteiger partial charge on any atom is -0.482 e. The van der Waals surface area contributed by atoms with E-state index in [-0.39, 0.29) is 10.8 Å². The Hall–Kier alpha value is -1.56. The van der Waals surface area contributed by atoms with Crippen LogP contribution in [-0.4, -0.2) is 10.2 Å². The zero-order chi connectivity index (χ0) is 14.7. The maximum absolute atomic E-state index is 13.5. The van der Waals surface area contributed by atoms with Crippen LogP contribution in [0.3, 0.4) is 0 Å². The molecule has 0 aliphatic carbocycles. The van der Waals surface area contributed by atoms with E-state index in [1.807, 2.05) is 5.48 Å². The zero-order valence-corrected chi connectivity index (χ0v) is 11.9. The highest BCUT2D eigenvalue weighted by atomic mass is 35.5. The summed E-state index contributed by atoms with van der Waals surface area (Å²) in [7, 11) is 0. The highest BCUT2D eigenvalue weighted by molar-refractivity contribution is 6.36. The van der Waals surface area contributed by atoms with Crippen LogP contribution in [0.25, 0.3) is 0 Å². The number of halogens is 3. The molecule has 0 aliphatic heterocycles. The topological polar surface area (TPSA) is 54.4 Å². The number of nitrogens with one attached hydrogen (secondary N) is 1. The molecule has 7 heteroatoms. The molecule has 106 valence electrons. The van der Waals surface area contributed by atoms with Crippen LogP contribution < -0.4 is 10.2 Å². The molecule has 2 rings (SSSR count). The SMILES string of the molecule is C[C@@H](Oc1cccnc1NO)c1c(Cl)ccc(F)c1Cl. The summed E-state index contributed by atoms with van der Waals surface area (Å²) >= 11 is 11.9. The molecule has 1 atom stereocenters. The van der Waals surface area contributed by atoms with E-state index < -0.39 is 11.9 Å². The van der Waals surface area contributed by atoms with Gasteiger partial charge in [0.2, 0.25) is 0 Å². The number of aromatic nitrogens is 1. The zero-order valence-electron chi connectivity index (χ0n) is 10.4. The Labute approximate surface area is 125 Å². The van der Waals surface area contributed by atoms with Gasteiger partial charge in [-0.05, 0) is 31.2 Å². The maximum Gasteiger partial charge on any atom is 0.192 e. The Morgan fingerprint density at radius 2 is 2.10 bits per heavy atom. The van der Waals surface area contributed by atoms with Crippen molar-refractivity contribution in [2.75, 3.05) is 5.48 Å². The molecule has 2 N–H and O–H groups in total. The van der Waals surface area contributed by atoms with Gasteiger partial charge in [0.05, 0.1) is 5.02 Å². The van der Waals surface area contributed by atoms with Crippen LogP contribution in [0.15, 0.2) is 30.5 Å². The van der Waals surface area contributed by atoms with Crippen molar-refractivity contribution in [1.29, 1.82) is 0 Å². The summed E-state index contributed by atoms with van der Waals surface area (Å²) in [4.78, 5) is 3.88. The average Bonchev–Trinajstić information content (AvgIpc) is 2.44. The Morgan fingerprint density at radius 1 is 1.35 bits per heavy atom. The number of nitrogens with zero attached hydrogens (tertiary/aromatic N) is 1. The van der Waals surface area contributed by atoms with E-state index in [1.54, 1.807) is 19.1 Å². The van der Waals surface area contributed by atoms with Crippen molar-refractivity contribution in [1.82, 2.24) is 4.98 Å². The molecule has 4 nitrogen and oxygen atoms in total. The Morgan fingerprint density at radius 3 is 2.80 bits per heavy atom. The molecule has 0 bridgehead atoms. The lowest BCUT2D eigenvalue weighted by Crippen LogP contribution is -2.08. The van der Waals surface area contributed by atoms with E-state index in [4.69, 9.17) is 33.1 Å². The molecule has 0 fully saturated rings. The summed E-state index contributed by atoms with van der Waals surface area (Å²) in [5.74, 6) is -0.143. The van der Waals surface area contributed by atoms with Crippen LogP contribution in [-0.2, 0) is 0 Å². The monoisotopic (exact) mass is 316 g/mol. The highest BCUT2D eigenvalue weighted by Crippen LogP contribution is 2.35. The summed E-state index contributed by atoms with van der Waals surface area (Å²) in [6, 6.07) is 5.83. The van der Waals surface area contributed by atoms with E-state index in [1.165, 1.54) is 18.3 Å². The maximum atomic E-state index is 13.5. The van der Waals surface area contributed by atoms with E-state index in [9.17, 15) is 4.39 Å². The third-order valence-corrected chi connectivity index (χ3v) is 3.38. The van der Waals surface area contributed by atoms with Gasteiger partial charge in [0.25, 0.3) is 0 Å². The molecule has 0 spiro atoms. The van der Waals surface area contributed by atoms with Crippen molar-refractivity contribution >= 4 is 29.0 Å². The Kier molecular flexibility index (Phi) is 4.65. The van der Waals surface area contributed by atoms with Gasteiger partial charge in [-0.3, -0.25) is 5.21 Å². The van der Waals surface area contributed by atoms with Gasteiger partial charge in [0.1, 0.15) is 11.9 Å². The van der Waals surface area contributed by atoms with Crippen molar-refractivity contribution in [3.05, 3.63) is 51.9 Å². The van der Waals surface area contributed by atoms with Crippen molar-refractivity contribution in [3.8, 4) is 5.75 Å². The largest absolute Gasteiger partial charge is 0.482 e. The van der Waals surface area contributed by atoms with Gasteiger partial charge in [0.15, 0.2) is 11.6 Å². The molecule has 1 aromatic heterocycles. The van der Waals surface area contributed by atoms with Gasteiger partial charge in [0, 0.05) is 16.8 Å². The fourth-order valence-corrected chi connectivity index (χ4v) is 2.41. The standard InChI is InChI=1S/C13H11Cl2FN2O2/c1-7(11-8(14)4-5-9(16)12(11)15)20-10-3-2-6-17-13(10)18-19/h2-7,19H,1H3,(H,17,18)/t7-/m1/s1. The second kappa shape index (κ2) is 6.26. The summed E-state index contributed by atoms with van der Waals surface area (Å²) < 4.78 is 19.1. The molecule has 0 saturated carbocycles. The lowest BCUT2D eigenvalue weighted by atomic mass is 10.1. The first-order chi connectivity index (χ1) is 9.54. The number of rotatable bonds is 4. The number of pyridine rings is 1. The third-order valence-electron chi connectivity index (χ3n) is 2.67. The number of ether oxygens (including phenoxy) is 1. The fraction of sp³-hybridized carbons (Fsp3) is 0.154. The smallest absolute Gasteiger partial charge is 0.192 e. The predicted molar refractivity (Wildman–Crippen MR) is 75.1 cm³/mol. The van der Waals surface area contributed by atoms with Gasteiger partial charge in [-0.25, -0.2) is 14.9 Å². The summed E-state index contributed by atoms with van der Waals surface area (Å²) in [5, 5.41) is 9.16. The first kappa shape index (κ1) is 14.8. The van der Waals surface area contributed by atoms with Crippen LogP contribution >= 0.6 is 23.2 Å². The van der Waals surface area contributed by atoms with Crippen LogP contribution in [0.2, 0.25) is 10.0 Å². The van der Waals surface area contributed by atoms with Crippen LogP contribution in [0.5, 0.6) is 5.75 Å². The fourth-order valence-electron chi connectivity index (χ4n) is 1.73. The van der Waals surface area contributed by atoms with Crippen molar-refractivity contribution in [3.63, 3.8) is 0 Å². The second-order valence-electron chi connectivity index (χ2n) is 3.98. The Bertz CT molecular complexity index is 625. The molecular weight excluding hydrogens is 306 g/mol. The summed E-state index contributed by atoms with van der Waals surface area (Å²) in [6.45, 7) is 1.67. The molecular formula is C13H11Cl2FN2O2. The highest BCUT2D eigenvalue weighted by Gasteiger charge is 2.19. The molecule has 0 aliphatic rings. The van der Waals surface area contributed by atoms with Gasteiger partial charge in [-0.1, -0.05) is 23.2 Å². The average molecular weight is 317 g/mol. The van der Waals surface area contributed by atoms with Gasteiger partial charge < -0.3 is 4.74 Å². The first-order valence-electron chi connectivity index (χ1n) is 5.69.